The summed E-state index contributed by atoms with van der Waals surface area (Å²) < 4.78 is 10.4. The number of hydrogen-bond donors (Lipinski definition) is 4. The van der Waals surface area contributed by atoms with Gasteiger partial charge >= 0.3 is 7.60 Å². The normalized spacial score (nSPS) is 13.8. The molecule has 0 rings (SSSR count). The average Bonchev–Trinajstić information content (AvgIpc) is 1.99. The highest BCUT2D eigenvalue weighted by Gasteiger charge is 2.17. The molecule has 13 heavy (non-hydrogen) atoms. The summed E-state index contributed by atoms with van der Waals surface area (Å²) in [4.78, 5) is 27.9. The maximum absolute atomic E-state index is 11.0. The second-order valence-electron chi connectivity index (χ2n) is 2.76. The van der Waals surface area contributed by atoms with E-state index in [2.05, 4.69) is 5.32 Å². The van der Waals surface area contributed by atoms with E-state index in [-0.39, 0.29) is 0 Å². The topological polar surface area (TPSA) is 113 Å². The van der Waals surface area contributed by atoms with Gasteiger partial charge in [0.05, 0.1) is 6.04 Å². The van der Waals surface area contributed by atoms with Gasteiger partial charge in [-0.25, -0.2) is 0 Å². The number of hydrogen-bond acceptors (Lipinski definition) is 3. The molecule has 5 N–H and O–H groups in total. The van der Waals surface area contributed by atoms with E-state index < -0.39 is 25.8 Å². The standard InChI is InChI=1S/C6H15N2O4P/c1-2-3-5(7)6(9)8-4-13(10,11)12/h5H,2-4,7H2,1H3,(H,8,9)(H2,10,11,12). The lowest BCUT2D eigenvalue weighted by molar-refractivity contribution is -0.122. The third-order valence-electron chi connectivity index (χ3n) is 1.40. The number of amides is 1. The van der Waals surface area contributed by atoms with Crippen molar-refractivity contribution in [2.75, 3.05) is 6.29 Å². The molecule has 0 aromatic rings. The van der Waals surface area contributed by atoms with Crippen molar-refractivity contribution < 1.29 is 19.1 Å². The maximum atomic E-state index is 11.0. The van der Waals surface area contributed by atoms with Crippen LogP contribution < -0.4 is 11.1 Å². The molecule has 0 heterocycles. The van der Waals surface area contributed by atoms with Crippen LogP contribution in [0.25, 0.3) is 0 Å². The van der Waals surface area contributed by atoms with Gasteiger partial charge in [-0.2, -0.15) is 0 Å². The van der Waals surface area contributed by atoms with Gasteiger partial charge in [0.15, 0.2) is 0 Å². The Hall–Kier alpha value is -0.420. The Morgan fingerprint density at radius 1 is 1.62 bits per heavy atom. The first-order valence-corrected chi connectivity index (χ1v) is 5.74. The van der Waals surface area contributed by atoms with Crippen molar-refractivity contribution in [1.82, 2.24) is 5.32 Å². The minimum Gasteiger partial charge on any atom is -0.343 e. The van der Waals surface area contributed by atoms with Crippen LogP contribution >= 0.6 is 7.60 Å². The highest BCUT2D eigenvalue weighted by Crippen LogP contribution is 2.31. The molecule has 0 aromatic heterocycles. The van der Waals surface area contributed by atoms with Crippen molar-refractivity contribution >= 4 is 13.5 Å². The molecule has 6 nitrogen and oxygen atoms in total. The van der Waals surface area contributed by atoms with Gasteiger partial charge in [0, 0.05) is 0 Å². The molecule has 0 saturated heterocycles. The molecule has 78 valence electrons. The largest absolute Gasteiger partial charge is 0.344 e. The Kier molecular flexibility index (Phi) is 5.17. The van der Waals surface area contributed by atoms with Crippen molar-refractivity contribution in [3.05, 3.63) is 0 Å². The van der Waals surface area contributed by atoms with Crippen LogP contribution in [0.4, 0.5) is 0 Å². The third kappa shape index (κ3) is 6.72. The van der Waals surface area contributed by atoms with Gasteiger partial charge in [-0.3, -0.25) is 9.36 Å². The zero-order valence-corrected chi connectivity index (χ0v) is 8.33. The van der Waals surface area contributed by atoms with Crippen LogP contribution in [0.1, 0.15) is 19.8 Å². The zero-order valence-electron chi connectivity index (χ0n) is 7.43. The van der Waals surface area contributed by atoms with Crippen LogP contribution in [0.5, 0.6) is 0 Å². The lowest BCUT2D eigenvalue weighted by Crippen LogP contribution is -2.40. The zero-order chi connectivity index (χ0) is 10.5. The van der Waals surface area contributed by atoms with Gasteiger partial charge in [0.1, 0.15) is 6.29 Å². The van der Waals surface area contributed by atoms with Gasteiger partial charge in [-0.05, 0) is 6.42 Å². The summed E-state index contributed by atoms with van der Waals surface area (Å²) in [6.07, 6.45) is 0.612. The van der Waals surface area contributed by atoms with Crippen LogP contribution in [0.15, 0.2) is 0 Å². The number of nitrogens with two attached hydrogens (primary N) is 1. The van der Waals surface area contributed by atoms with E-state index in [1.165, 1.54) is 0 Å². The summed E-state index contributed by atoms with van der Waals surface area (Å²) in [5.74, 6) is -0.523. The third-order valence-corrected chi connectivity index (χ3v) is 1.97. The number of rotatable bonds is 5. The highest BCUT2D eigenvalue weighted by molar-refractivity contribution is 7.51. The molecule has 0 aliphatic heterocycles. The maximum Gasteiger partial charge on any atom is 0.344 e. The minimum atomic E-state index is -4.17. The first-order valence-electron chi connectivity index (χ1n) is 3.94. The number of carbonyl (C=O) groups is 1. The highest BCUT2D eigenvalue weighted by atomic mass is 31.2. The van der Waals surface area contributed by atoms with Crippen molar-refractivity contribution in [2.24, 2.45) is 5.73 Å². The lowest BCUT2D eigenvalue weighted by atomic mass is 10.2. The SMILES string of the molecule is CCCC(N)C(=O)NCP(=O)(O)O. The first kappa shape index (κ1) is 12.6. The molecule has 7 heteroatoms. The predicted octanol–water partition coefficient (Wildman–Crippen LogP) is -0.635. The molecule has 0 aliphatic carbocycles. The molecule has 0 fully saturated rings. The van der Waals surface area contributed by atoms with Gasteiger partial charge < -0.3 is 20.8 Å². The van der Waals surface area contributed by atoms with Crippen LogP contribution in [-0.4, -0.2) is 28.0 Å². The summed E-state index contributed by atoms with van der Waals surface area (Å²) in [5.41, 5.74) is 5.39. The summed E-state index contributed by atoms with van der Waals surface area (Å²) >= 11 is 0. The Balaban J connectivity index is 3.81. The monoisotopic (exact) mass is 210 g/mol. The van der Waals surface area contributed by atoms with Crippen molar-refractivity contribution in [3.8, 4) is 0 Å². The Bertz CT molecular complexity index is 215. The average molecular weight is 210 g/mol. The van der Waals surface area contributed by atoms with E-state index >= 15 is 0 Å². The fourth-order valence-corrected chi connectivity index (χ4v) is 1.12. The first-order chi connectivity index (χ1) is 5.87. The van der Waals surface area contributed by atoms with Gasteiger partial charge in [0.2, 0.25) is 5.91 Å². The molecular weight excluding hydrogens is 195 g/mol. The van der Waals surface area contributed by atoms with Gasteiger partial charge in [0.25, 0.3) is 0 Å². The van der Waals surface area contributed by atoms with E-state index in [9.17, 15) is 9.36 Å². The minimum absolute atomic E-state index is 0.507. The quantitative estimate of drug-likeness (QED) is 0.451. The van der Waals surface area contributed by atoms with Gasteiger partial charge in [-0.1, -0.05) is 13.3 Å². The molecule has 0 spiro atoms. The van der Waals surface area contributed by atoms with Crippen LogP contribution in [0.2, 0.25) is 0 Å². The Morgan fingerprint density at radius 3 is 2.54 bits per heavy atom. The van der Waals surface area contributed by atoms with E-state index in [4.69, 9.17) is 15.5 Å². The lowest BCUT2D eigenvalue weighted by Gasteiger charge is -2.11. The van der Waals surface area contributed by atoms with Crippen molar-refractivity contribution in [1.29, 1.82) is 0 Å². The summed E-state index contributed by atoms with van der Waals surface area (Å²) in [6.45, 7) is 1.87. The smallest absolute Gasteiger partial charge is 0.343 e. The molecule has 0 radical (unpaired) electrons. The Labute approximate surface area is 76.7 Å². The van der Waals surface area contributed by atoms with Crippen LogP contribution in [-0.2, 0) is 9.36 Å². The second kappa shape index (κ2) is 5.34. The molecule has 0 aliphatic rings. The fourth-order valence-electron chi connectivity index (χ4n) is 0.754. The van der Waals surface area contributed by atoms with E-state index in [1.54, 1.807) is 0 Å². The predicted molar refractivity (Wildman–Crippen MR) is 47.9 cm³/mol. The fraction of sp³-hybridized carbons (Fsp3) is 0.833. The molecule has 0 bridgehead atoms. The molecule has 0 aromatic carbocycles. The molecular formula is C6H15N2O4P. The van der Waals surface area contributed by atoms with Crippen LogP contribution in [0, 0.1) is 0 Å². The summed E-state index contributed by atoms with van der Waals surface area (Å²) in [7, 11) is -4.17. The van der Waals surface area contributed by atoms with Crippen molar-refractivity contribution in [2.45, 2.75) is 25.8 Å². The van der Waals surface area contributed by atoms with E-state index in [0.717, 1.165) is 6.42 Å². The second-order valence-corrected chi connectivity index (χ2v) is 4.40. The molecule has 1 atom stereocenters. The van der Waals surface area contributed by atoms with Crippen LogP contribution in [0.3, 0.4) is 0 Å². The molecule has 1 amide bonds. The van der Waals surface area contributed by atoms with E-state index in [0.29, 0.717) is 6.42 Å². The summed E-state index contributed by atoms with van der Waals surface area (Å²) in [6, 6.07) is -0.684. The van der Waals surface area contributed by atoms with Gasteiger partial charge in [-0.15, -0.1) is 0 Å². The van der Waals surface area contributed by atoms with Crippen molar-refractivity contribution in [3.63, 3.8) is 0 Å². The molecule has 1 unspecified atom stereocenters. The number of nitrogens with one attached hydrogen (secondary N) is 1. The molecule has 0 saturated carbocycles. The Morgan fingerprint density at radius 2 is 2.15 bits per heavy atom. The summed E-state index contributed by atoms with van der Waals surface area (Å²) in [5, 5.41) is 2.08. The van der Waals surface area contributed by atoms with E-state index in [1.807, 2.05) is 6.92 Å². The number of carbonyl (C=O) groups excluding carboxylic acids is 1.